The number of piperidine rings is 2. The lowest BCUT2D eigenvalue weighted by Gasteiger charge is -2.63. The van der Waals surface area contributed by atoms with Crippen molar-refractivity contribution < 1.29 is 14.6 Å². The summed E-state index contributed by atoms with van der Waals surface area (Å²) in [4.78, 5) is 24.4. The third-order valence-corrected chi connectivity index (χ3v) is 15.3. The molecule has 2 saturated carbocycles. The second kappa shape index (κ2) is 9.10. The van der Waals surface area contributed by atoms with Gasteiger partial charge >= 0.3 is 0 Å². The van der Waals surface area contributed by atoms with Crippen molar-refractivity contribution in [2.45, 2.75) is 87.7 Å². The molecular weight excluding hydrogens is 584 g/mol. The summed E-state index contributed by atoms with van der Waals surface area (Å²) in [5.41, 5.74) is 7.87. The zero-order chi connectivity index (χ0) is 31.6. The van der Waals surface area contributed by atoms with Crippen LogP contribution in [0.25, 0.3) is 0 Å². The number of allylic oxidation sites excluding steroid dienone is 2. The van der Waals surface area contributed by atoms with Gasteiger partial charge < -0.3 is 19.6 Å². The fraction of sp³-hybridized carbons (Fsp3) is 0.575. The van der Waals surface area contributed by atoms with Crippen molar-refractivity contribution in [1.82, 2.24) is 9.80 Å². The number of ether oxygens (including phenoxy) is 1. The summed E-state index contributed by atoms with van der Waals surface area (Å²) in [6, 6.07) is 16.6. The number of phenolic OH excluding ortho intramolecular Hbond substituents is 1. The molecule has 244 valence electrons. The molecule has 11 unspecified atom stereocenters. The number of anilines is 2. The van der Waals surface area contributed by atoms with E-state index in [-0.39, 0.29) is 40.7 Å². The number of para-hydroxylation sites is 2. The Morgan fingerprint density at radius 1 is 0.872 bits per heavy atom. The number of hydrogen-bond acceptors (Lipinski definition) is 6. The SMILES string of the molecule is CC=C1CN2CCC34c5ccccc5N5C(C6C7CC8N(CCC89c8cccc(O)c8N(C(C)=O)C69)C/C7=C/C)OCC(C1CC23)C54. The van der Waals surface area contributed by atoms with Crippen LogP contribution in [0.3, 0.4) is 0 Å². The number of nitrogens with zero attached hydrogens (tertiary/aromatic N) is 4. The quantitative estimate of drug-likeness (QED) is 0.438. The van der Waals surface area contributed by atoms with Crippen molar-refractivity contribution in [3.8, 4) is 5.75 Å². The van der Waals surface area contributed by atoms with Crippen LogP contribution in [0, 0.1) is 23.7 Å². The van der Waals surface area contributed by atoms with Gasteiger partial charge in [0.1, 0.15) is 12.0 Å². The van der Waals surface area contributed by atoms with Crippen LogP contribution < -0.4 is 9.80 Å². The van der Waals surface area contributed by atoms with Crippen LogP contribution in [0.2, 0.25) is 0 Å². The van der Waals surface area contributed by atoms with E-state index in [1.165, 1.54) is 29.7 Å². The molecule has 1 N–H and O–H groups in total. The summed E-state index contributed by atoms with van der Waals surface area (Å²) in [6.07, 6.45) is 9.17. The number of carbonyl (C=O) groups excluding carboxylic acids is 1. The summed E-state index contributed by atoms with van der Waals surface area (Å²) in [6.45, 7) is 11.2. The molecule has 2 spiro atoms. The average molecular weight is 631 g/mol. The van der Waals surface area contributed by atoms with E-state index in [1.54, 1.807) is 24.1 Å². The molecule has 4 bridgehead atoms. The van der Waals surface area contributed by atoms with Crippen LogP contribution >= 0.6 is 0 Å². The summed E-state index contributed by atoms with van der Waals surface area (Å²) in [5.74, 6) is 1.68. The number of aromatic hydroxyl groups is 1. The second-order valence-corrected chi connectivity index (χ2v) is 16.3. The van der Waals surface area contributed by atoms with Gasteiger partial charge in [-0.3, -0.25) is 14.6 Å². The highest BCUT2D eigenvalue weighted by Crippen LogP contribution is 2.69. The van der Waals surface area contributed by atoms with Gasteiger partial charge in [-0.05, 0) is 87.7 Å². The lowest BCUT2D eigenvalue weighted by Crippen LogP contribution is -2.73. The standard InChI is InChI=1S/C40H46N4O3/c1-4-23-19-41-15-13-39-28-9-6-7-11-30(28)44-36(39)27(25(23)17-32(39)41)21-47-38(44)34-26-18-33-40(14-16-42(33)20-24(26)5-2)29-10-8-12-31(46)35(29)43(22(3)45)37(34)40/h4-12,25-27,32-34,36-38,46H,13-21H2,1-3H3/b23-4?,24-5-. The zero-order valence-corrected chi connectivity index (χ0v) is 27.8. The zero-order valence-electron chi connectivity index (χ0n) is 27.8. The number of carbonyl (C=O) groups is 1. The van der Waals surface area contributed by atoms with Crippen LogP contribution in [0.5, 0.6) is 5.75 Å². The Morgan fingerprint density at radius 2 is 1.53 bits per heavy atom. The molecular formula is C40H46N4O3. The second-order valence-electron chi connectivity index (χ2n) is 16.3. The van der Waals surface area contributed by atoms with E-state index < -0.39 is 0 Å². The maximum absolute atomic E-state index is 14.0. The third kappa shape index (κ3) is 2.99. The molecule has 1 amide bonds. The average Bonchev–Trinajstić information content (AvgIpc) is 3.84. The normalized spacial score (nSPS) is 45.3. The van der Waals surface area contributed by atoms with E-state index in [9.17, 15) is 9.90 Å². The van der Waals surface area contributed by atoms with Crippen LogP contribution in [-0.2, 0) is 20.4 Å². The Labute approximate surface area is 277 Å². The molecule has 7 aliphatic heterocycles. The summed E-state index contributed by atoms with van der Waals surface area (Å²) in [7, 11) is 0. The van der Waals surface area contributed by atoms with Gasteiger partial charge in [-0.1, -0.05) is 53.6 Å². The van der Waals surface area contributed by atoms with E-state index in [2.05, 4.69) is 75.9 Å². The Morgan fingerprint density at radius 3 is 2.26 bits per heavy atom. The molecule has 2 aromatic carbocycles. The number of benzene rings is 2. The molecule has 47 heavy (non-hydrogen) atoms. The van der Waals surface area contributed by atoms with Crippen molar-refractivity contribution in [3.63, 3.8) is 0 Å². The van der Waals surface area contributed by atoms with E-state index in [0.717, 1.165) is 51.3 Å². The highest BCUT2D eigenvalue weighted by molar-refractivity contribution is 5.98. The molecule has 2 aliphatic carbocycles. The molecule has 9 aliphatic rings. The highest BCUT2D eigenvalue weighted by atomic mass is 16.5. The Balaban J connectivity index is 1.14. The van der Waals surface area contributed by atoms with Gasteiger partial charge in [-0.2, -0.15) is 0 Å². The molecule has 7 heteroatoms. The number of rotatable bonds is 1. The van der Waals surface area contributed by atoms with E-state index in [1.807, 2.05) is 6.07 Å². The minimum atomic E-state index is -0.220. The molecule has 2 aromatic rings. The fourth-order valence-electron chi connectivity index (χ4n) is 14.0. The molecule has 7 fully saturated rings. The monoisotopic (exact) mass is 630 g/mol. The molecule has 11 atom stereocenters. The van der Waals surface area contributed by atoms with Crippen LogP contribution in [0.15, 0.2) is 65.8 Å². The number of hydrogen-bond donors (Lipinski definition) is 1. The van der Waals surface area contributed by atoms with Crippen molar-refractivity contribution in [1.29, 1.82) is 0 Å². The predicted molar refractivity (Wildman–Crippen MR) is 182 cm³/mol. The first-order valence-corrected chi connectivity index (χ1v) is 18.3. The first-order chi connectivity index (χ1) is 22.9. The number of amides is 1. The van der Waals surface area contributed by atoms with Gasteiger partial charge in [0.05, 0.1) is 18.3 Å². The van der Waals surface area contributed by atoms with Gasteiger partial charge in [0.25, 0.3) is 0 Å². The summed E-state index contributed by atoms with van der Waals surface area (Å²) >= 11 is 0. The molecule has 7 nitrogen and oxygen atoms in total. The fourth-order valence-corrected chi connectivity index (χ4v) is 14.0. The number of fused-ring (bicyclic) bond motifs is 6. The Kier molecular flexibility index (Phi) is 5.38. The van der Waals surface area contributed by atoms with Gasteiger partial charge in [-0.15, -0.1) is 0 Å². The lowest BCUT2D eigenvalue weighted by molar-refractivity contribution is -0.129. The van der Waals surface area contributed by atoms with Gasteiger partial charge in [-0.25, -0.2) is 0 Å². The topological polar surface area (TPSA) is 59.5 Å². The van der Waals surface area contributed by atoms with Crippen molar-refractivity contribution in [3.05, 3.63) is 76.9 Å². The molecule has 0 aromatic heterocycles. The van der Waals surface area contributed by atoms with E-state index in [0.29, 0.717) is 35.9 Å². The summed E-state index contributed by atoms with van der Waals surface area (Å²) in [5, 5.41) is 11.5. The summed E-state index contributed by atoms with van der Waals surface area (Å²) < 4.78 is 7.46. The third-order valence-electron chi connectivity index (χ3n) is 15.3. The van der Waals surface area contributed by atoms with Crippen LogP contribution in [0.1, 0.15) is 57.6 Å². The largest absolute Gasteiger partial charge is 0.506 e. The minimum absolute atomic E-state index is 0.0309. The van der Waals surface area contributed by atoms with Crippen LogP contribution in [0.4, 0.5) is 11.4 Å². The van der Waals surface area contributed by atoms with Gasteiger partial charge in [0.15, 0.2) is 0 Å². The van der Waals surface area contributed by atoms with E-state index in [4.69, 9.17) is 4.74 Å². The van der Waals surface area contributed by atoms with Gasteiger partial charge in [0, 0.05) is 66.5 Å². The van der Waals surface area contributed by atoms with E-state index >= 15 is 0 Å². The molecule has 7 heterocycles. The first-order valence-electron chi connectivity index (χ1n) is 18.3. The predicted octanol–water partition coefficient (Wildman–Crippen LogP) is 5.19. The van der Waals surface area contributed by atoms with Crippen molar-refractivity contribution in [2.24, 2.45) is 23.7 Å². The highest BCUT2D eigenvalue weighted by Gasteiger charge is 2.74. The smallest absolute Gasteiger partial charge is 0.224 e. The van der Waals surface area contributed by atoms with Crippen molar-refractivity contribution >= 4 is 17.3 Å². The van der Waals surface area contributed by atoms with Gasteiger partial charge in [0.2, 0.25) is 5.91 Å². The Hall–Kier alpha value is -3.13. The van der Waals surface area contributed by atoms with Crippen molar-refractivity contribution in [2.75, 3.05) is 42.6 Å². The Bertz CT molecular complexity index is 1800. The lowest BCUT2D eigenvalue weighted by atomic mass is 9.53. The molecule has 11 rings (SSSR count). The maximum atomic E-state index is 14.0. The molecule has 5 saturated heterocycles. The first kappa shape index (κ1) is 27.8. The number of phenols is 1. The van der Waals surface area contributed by atoms with Crippen LogP contribution in [-0.4, -0.2) is 84.0 Å². The minimum Gasteiger partial charge on any atom is -0.506 e. The molecule has 0 radical (unpaired) electrons. The maximum Gasteiger partial charge on any atom is 0.224 e.